The third-order valence-corrected chi connectivity index (χ3v) is 3.13. The zero-order chi connectivity index (χ0) is 12.9. The number of hydrogen-bond donors (Lipinski definition) is 1. The quantitative estimate of drug-likeness (QED) is 0.817. The Kier molecular flexibility index (Phi) is 5.16. The summed E-state index contributed by atoms with van der Waals surface area (Å²) in [7, 11) is 1.77. The van der Waals surface area contributed by atoms with Crippen LogP contribution in [0, 0.1) is 6.92 Å². The van der Waals surface area contributed by atoms with E-state index < -0.39 is 0 Å². The van der Waals surface area contributed by atoms with E-state index >= 15 is 0 Å². The molecule has 0 saturated carbocycles. The Balaban J connectivity index is 2.38. The second-order valence-electron chi connectivity index (χ2n) is 5.44. The highest BCUT2D eigenvalue weighted by Crippen LogP contribution is 2.15. The summed E-state index contributed by atoms with van der Waals surface area (Å²) >= 11 is 0. The molecule has 0 amide bonds. The molecule has 0 spiro atoms. The summed E-state index contributed by atoms with van der Waals surface area (Å²) in [6, 6.07) is 9.11. The van der Waals surface area contributed by atoms with Crippen LogP contribution >= 0.6 is 0 Å². The van der Waals surface area contributed by atoms with Crippen molar-refractivity contribution in [3.63, 3.8) is 0 Å². The number of aryl methyl sites for hydroxylation is 1. The molecule has 0 heterocycles. The summed E-state index contributed by atoms with van der Waals surface area (Å²) < 4.78 is 5.44. The largest absolute Gasteiger partial charge is 0.379 e. The molecule has 1 aromatic carbocycles. The van der Waals surface area contributed by atoms with Crippen molar-refractivity contribution in [1.82, 2.24) is 5.32 Å². The molecule has 96 valence electrons. The van der Waals surface area contributed by atoms with E-state index in [0.717, 1.165) is 13.0 Å². The second-order valence-corrected chi connectivity index (χ2v) is 5.44. The SMILES string of the molecule is COC(C)(C)CC(C)NCc1ccc(C)cc1. The summed E-state index contributed by atoms with van der Waals surface area (Å²) in [5.41, 5.74) is 2.58. The van der Waals surface area contributed by atoms with Crippen molar-refractivity contribution in [3.05, 3.63) is 35.4 Å². The van der Waals surface area contributed by atoms with Crippen LogP contribution in [0.1, 0.15) is 38.3 Å². The van der Waals surface area contributed by atoms with Crippen molar-refractivity contribution in [2.24, 2.45) is 0 Å². The van der Waals surface area contributed by atoms with Crippen LogP contribution in [0.5, 0.6) is 0 Å². The van der Waals surface area contributed by atoms with Crippen LogP contribution in [0.25, 0.3) is 0 Å². The predicted octanol–water partition coefficient (Wildman–Crippen LogP) is 3.29. The van der Waals surface area contributed by atoms with Crippen LogP contribution in [-0.2, 0) is 11.3 Å². The molecule has 0 aliphatic carbocycles. The molecule has 0 radical (unpaired) electrons. The van der Waals surface area contributed by atoms with E-state index in [1.807, 2.05) is 0 Å². The van der Waals surface area contributed by atoms with E-state index in [-0.39, 0.29) is 5.60 Å². The van der Waals surface area contributed by atoms with Crippen molar-refractivity contribution in [1.29, 1.82) is 0 Å². The number of hydrogen-bond acceptors (Lipinski definition) is 2. The molecule has 1 unspecified atom stereocenters. The Labute approximate surface area is 105 Å². The average molecular weight is 235 g/mol. The molecule has 1 atom stereocenters. The average Bonchev–Trinajstić information content (AvgIpc) is 2.28. The third kappa shape index (κ3) is 5.33. The minimum Gasteiger partial charge on any atom is -0.379 e. The minimum atomic E-state index is -0.0559. The summed E-state index contributed by atoms with van der Waals surface area (Å²) in [6.45, 7) is 9.48. The van der Waals surface area contributed by atoms with Gasteiger partial charge < -0.3 is 10.1 Å². The van der Waals surface area contributed by atoms with E-state index in [9.17, 15) is 0 Å². The molecule has 0 aliphatic heterocycles. The fourth-order valence-corrected chi connectivity index (χ4v) is 1.89. The maximum Gasteiger partial charge on any atom is 0.0637 e. The van der Waals surface area contributed by atoms with Gasteiger partial charge in [0.1, 0.15) is 0 Å². The van der Waals surface area contributed by atoms with E-state index in [4.69, 9.17) is 4.74 Å². The molecule has 0 aliphatic rings. The molecule has 0 bridgehead atoms. The van der Waals surface area contributed by atoms with Gasteiger partial charge in [0.15, 0.2) is 0 Å². The van der Waals surface area contributed by atoms with E-state index in [1.165, 1.54) is 11.1 Å². The summed E-state index contributed by atoms with van der Waals surface area (Å²) in [5.74, 6) is 0. The fourth-order valence-electron chi connectivity index (χ4n) is 1.89. The molecule has 0 fully saturated rings. The summed E-state index contributed by atoms with van der Waals surface area (Å²) in [4.78, 5) is 0. The monoisotopic (exact) mass is 235 g/mol. The molecule has 0 saturated heterocycles. The number of ether oxygens (including phenoxy) is 1. The zero-order valence-corrected chi connectivity index (χ0v) is 11.7. The standard InChI is InChI=1S/C15H25NO/c1-12-6-8-14(9-7-12)11-16-13(2)10-15(3,4)17-5/h6-9,13,16H,10-11H2,1-5H3. The summed E-state index contributed by atoms with van der Waals surface area (Å²) in [6.07, 6.45) is 1.01. The topological polar surface area (TPSA) is 21.3 Å². The van der Waals surface area contributed by atoms with Crippen LogP contribution in [0.2, 0.25) is 0 Å². The van der Waals surface area contributed by atoms with Gasteiger partial charge in [-0.25, -0.2) is 0 Å². The number of methoxy groups -OCH3 is 1. The Hall–Kier alpha value is -0.860. The van der Waals surface area contributed by atoms with Crippen molar-refractivity contribution in [3.8, 4) is 0 Å². The maximum atomic E-state index is 5.44. The van der Waals surface area contributed by atoms with Crippen molar-refractivity contribution < 1.29 is 4.74 Å². The van der Waals surface area contributed by atoms with Gasteiger partial charge in [0.05, 0.1) is 5.60 Å². The number of nitrogens with one attached hydrogen (secondary N) is 1. The number of rotatable bonds is 6. The van der Waals surface area contributed by atoms with E-state index in [0.29, 0.717) is 6.04 Å². The highest BCUT2D eigenvalue weighted by Gasteiger charge is 2.19. The zero-order valence-electron chi connectivity index (χ0n) is 11.7. The Bertz CT molecular complexity index is 329. The Morgan fingerprint density at radius 2 is 1.82 bits per heavy atom. The lowest BCUT2D eigenvalue weighted by molar-refractivity contribution is 0.00844. The molecule has 17 heavy (non-hydrogen) atoms. The van der Waals surface area contributed by atoms with Crippen LogP contribution < -0.4 is 5.32 Å². The van der Waals surface area contributed by atoms with Gasteiger partial charge in [-0.05, 0) is 39.7 Å². The molecule has 2 nitrogen and oxygen atoms in total. The molecule has 1 aromatic rings. The smallest absolute Gasteiger partial charge is 0.0637 e. The van der Waals surface area contributed by atoms with E-state index in [1.54, 1.807) is 7.11 Å². The van der Waals surface area contributed by atoms with Crippen LogP contribution in [0.4, 0.5) is 0 Å². The van der Waals surface area contributed by atoms with Crippen LogP contribution in [0.15, 0.2) is 24.3 Å². The molecule has 0 aromatic heterocycles. The van der Waals surface area contributed by atoms with Gasteiger partial charge >= 0.3 is 0 Å². The van der Waals surface area contributed by atoms with Crippen LogP contribution in [-0.4, -0.2) is 18.8 Å². The fraction of sp³-hybridized carbons (Fsp3) is 0.600. The first-order chi connectivity index (χ1) is 7.93. The minimum absolute atomic E-state index is 0.0559. The number of benzene rings is 1. The first-order valence-electron chi connectivity index (χ1n) is 6.27. The Morgan fingerprint density at radius 3 is 2.35 bits per heavy atom. The highest BCUT2D eigenvalue weighted by atomic mass is 16.5. The van der Waals surface area contributed by atoms with Gasteiger partial charge in [-0.2, -0.15) is 0 Å². The predicted molar refractivity (Wildman–Crippen MR) is 73.2 cm³/mol. The highest BCUT2D eigenvalue weighted by molar-refractivity contribution is 5.21. The first kappa shape index (κ1) is 14.2. The second kappa shape index (κ2) is 6.18. The summed E-state index contributed by atoms with van der Waals surface area (Å²) in [5, 5.41) is 3.53. The third-order valence-electron chi connectivity index (χ3n) is 3.13. The van der Waals surface area contributed by atoms with Gasteiger partial charge in [-0.3, -0.25) is 0 Å². The lowest BCUT2D eigenvalue weighted by Crippen LogP contribution is -2.35. The lowest BCUT2D eigenvalue weighted by Gasteiger charge is -2.27. The molecular formula is C15H25NO. The maximum absolute atomic E-state index is 5.44. The molecule has 2 heteroatoms. The normalized spacial score (nSPS) is 13.7. The van der Waals surface area contributed by atoms with Gasteiger partial charge in [-0.1, -0.05) is 29.8 Å². The van der Waals surface area contributed by atoms with Gasteiger partial charge in [0.25, 0.3) is 0 Å². The van der Waals surface area contributed by atoms with Crippen molar-refractivity contribution in [2.75, 3.05) is 7.11 Å². The molecule has 1 rings (SSSR count). The van der Waals surface area contributed by atoms with Gasteiger partial charge in [0, 0.05) is 19.7 Å². The van der Waals surface area contributed by atoms with Crippen molar-refractivity contribution in [2.45, 2.75) is 52.3 Å². The molecular weight excluding hydrogens is 210 g/mol. The van der Waals surface area contributed by atoms with Gasteiger partial charge in [0.2, 0.25) is 0 Å². The Morgan fingerprint density at radius 1 is 1.24 bits per heavy atom. The lowest BCUT2D eigenvalue weighted by atomic mass is 9.99. The molecule has 1 N–H and O–H groups in total. The van der Waals surface area contributed by atoms with Crippen molar-refractivity contribution >= 4 is 0 Å². The van der Waals surface area contributed by atoms with Crippen LogP contribution in [0.3, 0.4) is 0 Å². The van der Waals surface area contributed by atoms with E-state index in [2.05, 4.69) is 57.3 Å². The van der Waals surface area contributed by atoms with Gasteiger partial charge in [-0.15, -0.1) is 0 Å². The first-order valence-corrected chi connectivity index (χ1v) is 6.27.